The van der Waals surface area contributed by atoms with Crippen molar-refractivity contribution >= 4 is 36.2 Å². The second-order valence-corrected chi connectivity index (χ2v) is 20.6. The van der Waals surface area contributed by atoms with Gasteiger partial charge in [-0.05, 0) is 174 Å². The average Bonchev–Trinajstić information content (AvgIpc) is 3.42. The quantitative estimate of drug-likeness (QED) is 0.0549. The molecule has 15 nitrogen and oxygen atoms in total. The molecule has 0 aromatic heterocycles. The highest BCUT2D eigenvalue weighted by atomic mass is 16.6. The molecule has 0 radical (unpaired) electrons. The summed E-state index contributed by atoms with van der Waals surface area (Å²) in [5, 5.41) is 8.16. The van der Waals surface area contributed by atoms with Gasteiger partial charge in [0, 0.05) is 44.3 Å². The molecule has 4 rings (SSSR count). The zero-order valence-corrected chi connectivity index (χ0v) is 39.5. The Bertz CT molecular complexity index is 1740. The number of amides is 3. The van der Waals surface area contributed by atoms with Gasteiger partial charge in [0.25, 0.3) is 0 Å². The Labute approximate surface area is 374 Å². The number of carbonyl (C=O) groups is 6. The fraction of sp³-hybridized carbons (Fsp3) is 0.750. The Morgan fingerprint density at radius 1 is 0.635 bits per heavy atom. The summed E-state index contributed by atoms with van der Waals surface area (Å²) in [7, 11) is 0. The lowest BCUT2D eigenvalue weighted by molar-refractivity contribution is -0.174. The summed E-state index contributed by atoms with van der Waals surface area (Å²) in [4.78, 5) is 75.5. The van der Waals surface area contributed by atoms with Crippen LogP contribution in [0.4, 0.5) is 14.4 Å². The predicted octanol–water partition coefficient (Wildman–Crippen LogP) is 8.97. The molecule has 2 saturated carbocycles. The number of alkyl carbamates (subject to hydrolysis) is 3. The van der Waals surface area contributed by atoms with E-state index in [-0.39, 0.29) is 54.9 Å². The zero-order chi connectivity index (χ0) is 46.6. The third kappa shape index (κ3) is 16.8. The molecule has 63 heavy (non-hydrogen) atoms. The summed E-state index contributed by atoms with van der Waals surface area (Å²) in [6.45, 7) is 19.5. The van der Waals surface area contributed by atoms with Crippen LogP contribution in [0.5, 0.6) is 5.75 Å². The Hall–Kier alpha value is -4.56. The molecule has 3 aliphatic carbocycles. The number of benzene rings is 1. The average molecular weight is 886 g/mol. The van der Waals surface area contributed by atoms with Gasteiger partial charge in [0.1, 0.15) is 34.8 Å². The van der Waals surface area contributed by atoms with Crippen molar-refractivity contribution in [2.45, 2.75) is 194 Å². The number of esters is 3. The predicted molar refractivity (Wildman–Crippen MR) is 236 cm³/mol. The van der Waals surface area contributed by atoms with E-state index in [0.717, 1.165) is 31.2 Å². The van der Waals surface area contributed by atoms with Crippen molar-refractivity contribution in [3.05, 3.63) is 29.3 Å². The molecule has 0 aliphatic heterocycles. The maximum absolute atomic E-state index is 13.5. The molecule has 3 amide bonds. The summed E-state index contributed by atoms with van der Waals surface area (Å²) in [6, 6.07) is 5.94. The lowest BCUT2D eigenvalue weighted by Crippen LogP contribution is -2.47. The van der Waals surface area contributed by atoms with Crippen LogP contribution in [0.1, 0.15) is 170 Å². The second-order valence-electron chi connectivity index (χ2n) is 20.6. The van der Waals surface area contributed by atoms with Gasteiger partial charge >= 0.3 is 36.2 Å². The summed E-state index contributed by atoms with van der Waals surface area (Å²) in [6.07, 6.45) is 5.14. The van der Waals surface area contributed by atoms with Gasteiger partial charge in [0.05, 0.1) is 0 Å². The molecule has 1 aromatic rings. The lowest BCUT2D eigenvalue weighted by atomic mass is 9.55. The molecule has 0 saturated heterocycles. The van der Waals surface area contributed by atoms with Crippen molar-refractivity contribution in [1.29, 1.82) is 0 Å². The SMILES string of the molecule is CC(C)(C)OC(=O)NCCCCC(=O)Oc1ccc2c(c1)CCC1C2CCC2(C)C1CC(OC(=O)CCCCNC(=O)OC(C)(C)C)C2OC(=O)CCCCNC(=O)OC(C)(C)C. The van der Waals surface area contributed by atoms with Gasteiger partial charge in [-0.25, -0.2) is 14.4 Å². The number of nitrogens with one attached hydrogen (secondary N) is 3. The molecule has 0 bridgehead atoms. The van der Waals surface area contributed by atoms with Gasteiger partial charge in [-0.15, -0.1) is 0 Å². The standard InChI is InChI=1S/C48H75N3O12/c1-45(2,3)61-42(55)49-26-14-11-17-38(52)58-32-21-23-33-31(29-32)20-22-35-34(33)24-25-48(10)36(35)30-37(59-39(53)18-12-15-27-50-43(56)62-46(4,5)6)41(48)60-40(54)19-13-16-28-51-44(57)63-47(7,8)9/h21,23,29,34-37,41H,11-20,22,24-28,30H2,1-10H3,(H,49,55)(H,50,56)(H,51,57). The molecule has 0 spiro atoms. The summed E-state index contributed by atoms with van der Waals surface area (Å²) in [5.41, 5.74) is 0.226. The first kappa shape index (κ1) is 51.1. The van der Waals surface area contributed by atoms with E-state index in [1.54, 1.807) is 62.3 Å². The van der Waals surface area contributed by atoms with Crippen LogP contribution >= 0.6 is 0 Å². The number of hydrogen-bond acceptors (Lipinski definition) is 12. The second kappa shape index (κ2) is 22.4. The van der Waals surface area contributed by atoms with Crippen LogP contribution < -0.4 is 20.7 Å². The number of rotatable bonds is 18. The number of hydrogen-bond donors (Lipinski definition) is 3. The van der Waals surface area contributed by atoms with Crippen LogP contribution in [-0.2, 0) is 44.5 Å². The first-order valence-corrected chi connectivity index (χ1v) is 23.1. The molecule has 1 aromatic carbocycles. The summed E-state index contributed by atoms with van der Waals surface area (Å²) in [5.74, 6) is 0.153. The molecule has 15 heteroatoms. The van der Waals surface area contributed by atoms with E-state index < -0.39 is 52.7 Å². The van der Waals surface area contributed by atoms with Gasteiger partial charge in [0.15, 0.2) is 0 Å². The molecule has 6 unspecified atom stereocenters. The van der Waals surface area contributed by atoms with Crippen molar-refractivity contribution in [2.75, 3.05) is 19.6 Å². The van der Waals surface area contributed by atoms with Gasteiger partial charge in [-0.1, -0.05) is 13.0 Å². The number of ether oxygens (including phenoxy) is 6. The lowest BCUT2D eigenvalue weighted by Gasteiger charge is -2.50. The van der Waals surface area contributed by atoms with Crippen LogP contribution in [0.15, 0.2) is 18.2 Å². The first-order valence-electron chi connectivity index (χ1n) is 23.1. The highest BCUT2D eigenvalue weighted by Crippen LogP contribution is 2.62. The zero-order valence-electron chi connectivity index (χ0n) is 39.5. The number of aryl methyl sites for hydroxylation is 1. The van der Waals surface area contributed by atoms with Crippen LogP contribution in [0.2, 0.25) is 0 Å². The van der Waals surface area contributed by atoms with Gasteiger partial charge in [0.2, 0.25) is 0 Å². The van der Waals surface area contributed by atoms with E-state index in [9.17, 15) is 28.8 Å². The molecule has 3 N–H and O–H groups in total. The fourth-order valence-electron chi connectivity index (χ4n) is 9.19. The first-order chi connectivity index (χ1) is 29.4. The van der Waals surface area contributed by atoms with E-state index in [1.165, 1.54) is 5.56 Å². The van der Waals surface area contributed by atoms with E-state index in [0.29, 0.717) is 70.3 Å². The number of unbranched alkanes of at least 4 members (excludes halogenated alkanes) is 3. The van der Waals surface area contributed by atoms with Crippen molar-refractivity contribution < 1.29 is 57.2 Å². The molecule has 2 fully saturated rings. The minimum atomic E-state index is -0.607. The molecule has 6 atom stereocenters. The smallest absolute Gasteiger partial charge is 0.407 e. The topological polar surface area (TPSA) is 194 Å². The van der Waals surface area contributed by atoms with Crippen molar-refractivity contribution in [3.8, 4) is 5.75 Å². The Morgan fingerprint density at radius 3 is 1.60 bits per heavy atom. The highest BCUT2D eigenvalue weighted by Gasteiger charge is 2.61. The molecular weight excluding hydrogens is 811 g/mol. The van der Waals surface area contributed by atoms with E-state index in [1.807, 2.05) is 12.1 Å². The van der Waals surface area contributed by atoms with Crippen molar-refractivity contribution in [2.24, 2.45) is 17.3 Å². The molecule has 3 aliphatic rings. The summed E-state index contributed by atoms with van der Waals surface area (Å²) >= 11 is 0. The third-order valence-corrected chi connectivity index (χ3v) is 11.8. The Kier molecular flexibility index (Phi) is 18.1. The molecular formula is C48H75N3O12. The maximum atomic E-state index is 13.5. The van der Waals surface area contributed by atoms with Crippen LogP contribution in [0.25, 0.3) is 0 Å². The van der Waals surface area contributed by atoms with Crippen molar-refractivity contribution in [3.63, 3.8) is 0 Å². The van der Waals surface area contributed by atoms with Gasteiger partial charge in [-0.2, -0.15) is 0 Å². The Balaban J connectivity index is 1.35. The maximum Gasteiger partial charge on any atom is 0.407 e. The normalized spacial score (nSPS) is 22.9. The Morgan fingerprint density at radius 2 is 1.11 bits per heavy atom. The van der Waals surface area contributed by atoms with E-state index >= 15 is 0 Å². The van der Waals surface area contributed by atoms with Crippen LogP contribution in [0, 0.1) is 17.3 Å². The van der Waals surface area contributed by atoms with Crippen LogP contribution in [-0.4, -0.2) is 84.8 Å². The molecule has 0 heterocycles. The monoisotopic (exact) mass is 886 g/mol. The van der Waals surface area contributed by atoms with Crippen molar-refractivity contribution in [1.82, 2.24) is 16.0 Å². The minimum Gasteiger partial charge on any atom is -0.458 e. The largest absolute Gasteiger partial charge is 0.458 e. The number of fused-ring (bicyclic) bond motifs is 5. The minimum absolute atomic E-state index is 0.137. The summed E-state index contributed by atoms with van der Waals surface area (Å²) < 4.78 is 34.1. The highest BCUT2D eigenvalue weighted by molar-refractivity contribution is 5.73. The van der Waals surface area contributed by atoms with Gasteiger partial charge < -0.3 is 44.4 Å². The van der Waals surface area contributed by atoms with E-state index in [2.05, 4.69) is 28.9 Å². The van der Waals surface area contributed by atoms with Crippen LogP contribution in [0.3, 0.4) is 0 Å². The molecule has 354 valence electrons. The number of carbonyl (C=O) groups excluding carboxylic acids is 6. The van der Waals surface area contributed by atoms with E-state index in [4.69, 9.17) is 28.4 Å². The third-order valence-electron chi connectivity index (χ3n) is 11.8. The van der Waals surface area contributed by atoms with Gasteiger partial charge in [-0.3, -0.25) is 14.4 Å². The fourth-order valence-corrected chi connectivity index (χ4v) is 9.19.